The maximum atomic E-state index is 9.95. The minimum atomic E-state index is -0.569. The first-order chi connectivity index (χ1) is 9.54. The Kier molecular flexibility index (Phi) is 5.17. The van der Waals surface area contributed by atoms with E-state index in [0.29, 0.717) is 18.2 Å². The smallest absolute Gasteiger partial charge is 0.0969 e. The van der Waals surface area contributed by atoms with Crippen molar-refractivity contribution in [2.24, 2.45) is 0 Å². The predicted molar refractivity (Wildman–Crippen MR) is 78.8 cm³/mol. The molecule has 0 radical (unpaired) electrons. The molecule has 0 bridgehead atoms. The third-order valence-electron chi connectivity index (χ3n) is 2.98. The number of halogens is 1. The van der Waals surface area contributed by atoms with Gasteiger partial charge in [-0.15, -0.1) is 0 Å². The number of aromatic nitrogens is 2. The molecule has 1 aromatic carbocycles. The Morgan fingerprint density at radius 1 is 1.30 bits per heavy atom. The fourth-order valence-corrected chi connectivity index (χ4v) is 2.13. The number of hydrogen-bond acceptors (Lipinski definition) is 3. The molecule has 2 aromatic rings. The molecule has 0 aliphatic rings. The van der Waals surface area contributed by atoms with E-state index < -0.39 is 6.10 Å². The fourth-order valence-electron chi connectivity index (χ4n) is 2.01. The quantitative estimate of drug-likeness (QED) is 0.891. The summed E-state index contributed by atoms with van der Waals surface area (Å²) < 4.78 is 7.30. The Morgan fingerprint density at radius 2 is 2.00 bits per heavy atom. The maximum absolute atomic E-state index is 9.95. The third kappa shape index (κ3) is 4.34. The van der Waals surface area contributed by atoms with E-state index >= 15 is 0 Å². The van der Waals surface area contributed by atoms with Crippen molar-refractivity contribution in [1.29, 1.82) is 0 Å². The lowest BCUT2D eigenvalue weighted by Gasteiger charge is -2.12. The highest BCUT2D eigenvalue weighted by Gasteiger charge is 2.09. The van der Waals surface area contributed by atoms with Gasteiger partial charge in [0.1, 0.15) is 0 Å². The summed E-state index contributed by atoms with van der Waals surface area (Å²) in [5, 5.41) is 15.0. The SMILES string of the molecule is Cc1cc(C)n(CC(O)COCc2ccc(Cl)cc2)n1. The van der Waals surface area contributed by atoms with Crippen LogP contribution >= 0.6 is 11.6 Å². The molecule has 0 saturated heterocycles. The highest BCUT2D eigenvalue weighted by molar-refractivity contribution is 6.30. The summed E-state index contributed by atoms with van der Waals surface area (Å²) in [7, 11) is 0. The number of benzene rings is 1. The molecular formula is C15H19ClN2O2. The van der Waals surface area contributed by atoms with Gasteiger partial charge in [0.05, 0.1) is 31.6 Å². The van der Waals surface area contributed by atoms with Gasteiger partial charge in [-0.05, 0) is 37.6 Å². The molecule has 0 aliphatic carbocycles. The lowest BCUT2D eigenvalue weighted by molar-refractivity contribution is 0.0184. The second-order valence-electron chi connectivity index (χ2n) is 4.90. The van der Waals surface area contributed by atoms with Gasteiger partial charge in [0.25, 0.3) is 0 Å². The van der Waals surface area contributed by atoms with Crippen LogP contribution in [0.1, 0.15) is 17.0 Å². The fraction of sp³-hybridized carbons (Fsp3) is 0.400. The molecule has 5 heteroatoms. The summed E-state index contributed by atoms with van der Waals surface area (Å²) in [4.78, 5) is 0. The highest BCUT2D eigenvalue weighted by Crippen LogP contribution is 2.10. The highest BCUT2D eigenvalue weighted by atomic mass is 35.5. The first-order valence-electron chi connectivity index (χ1n) is 6.56. The van der Waals surface area contributed by atoms with Gasteiger partial charge in [0.2, 0.25) is 0 Å². The summed E-state index contributed by atoms with van der Waals surface area (Å²) in [6.45, 7) is 5.10. The number of aliphatic hydroxyl groups excluding tert-OH is 1. The van der Waals surface area contributed by atoms with Gasteiger partial charge in [0.15, 0.2) is 0 Å². The molecule has 0 spiro atoms. The van der Waals surface area contributed by atoms with Crippen LogP contribution in [0.2, 0.25) is 5.02 Å². The number of aryl methyl sites for hydroxylation is 2. The van der Waals surface area contributed by atoms with E-state index in [2.05, 4.69) is 5.10 Å². The number of aliphatic hydroxyl groups is 1. The first-order valence-corrected chi connectivity index (χ1v) is 6.93. The van der Waals surface area contributed by atoms with Crippen LogP contribution in [0, 0.1) is 13.8 Å². The van der Waals surface area contributed by atoms with Gasteiger partial charge in [-0.2, -0.15) is 5.10 Å². The standard InChI is InChI=1S/C15H19ClN2O2/c1-11-7-12(2)18(17-11)8-15(19)10-20-9-13-3-5-14(16)6-4-13/h3-7,15,19H,8-10H2,1-2H3. The molecule has 1 heterocycles. The van der Waals surface area contributed by atoms with Crippen molar-refractivity contribution in [3.63, 3.8) is 0 Å². The Balaban J connectivity index is 1.76. The number of nitrogens with zero attached hydrogens (tertiary/aromatic N) is 2. The Hall–Kier alpha value is -1.36. The monoisotopic (exact) mass is 294 g/mol. The van der Waals surface area contributed by atoms with Crippen molar-refractivity contribution in [1.82, 2.24) is 9.78 Å². The maximum Gasteiger partial charge on any atom is 0.0969 e. The van der Waals surface area contributed by atoms with Gasteiger partial charge in [0, 0.05) is 10.7 Å². The zero-order chi connectivity index (χ0) is 14.5. The Labute approximate surface area is 123 Å². The predicted octanol–water partition coefficient (Wildman–Crippen LogP) is 2.73. The molecular weight excluding hydrogens is 276 g/mol. The molecule has 1 unspecified atom stereocenters. The summed E-state index contributed by atoms with van der Waals surface area (Å²) in [6.07, 6.45) is -0.569. The molecule has 0 amide bonds. The van der Waals surface area contributed by atoms with Crippen molar-refractivity contribution in [2.45, 2.75) is 33.1 Å². The molecule has 0 fully saturated rings. The van der Waals surface area contributed by atoms with Gasteiger partial charge in [-0.25, -0.2) is 0 Å². The molecule has 1 atom stereocenters. The summed E-state index contributed by atoms with van der Waals surface area (Å²) in [5.74, 6) is 0. The van der Waals surface area contributed by atoms with Crippen LogP contribution in [-0.4, -0.2) is 27.6 Å². The summed E-state index contributed by atoms with van der Waals surface area (Å²) >= 11 is 5.81. The van der Waals surface area contributed by atoms with Crippen molar-refractivity contribution >= 4 is 11.6 Å². The largest absolute Gasteiger partial charge is 0.389 e. The van der Waals surface area contributed by atoms with Gasteiger partial charge in [-0.3, -0.25) is 4.68 Å². The minimum Gasteiger partial charge on any atom is -0.389 e. The van der Waals surface area contributed by atoms with Crippen LogP contribution in [0.5, 0.6) is 0 Å². The molecule has 1 aromatic heterocycles. The van der Waals surface area contributed by atoms with Crippen LogP contribution in [0.15, 0.2) is 30.3 Å². The van der Waals surface area contributed by atoms with Gasteiger partial charge >= 0.3 is 0 Å². The van der Waals surface area contributed by atoms with E-state index in [4.69, 9.17) is 16.3 Å². The first kappa shape index (κ1) is 15.0. The molecule has 20 heavy (non-hydrogen) atoms. The van der Waals surface area contributed by atoms with Crippen molar-refractivity contribution in [3.05, 3.63) is 52.3 Å². The van der Waals surface area contributed by atoms with E-state index in [-0.39, 0.29) is 6.61 Å². The topological polar surface area (TPSA) is 47.3 Å². The lowest BCUT2D eigenvalue weighted by Crippen LogP contribution is -2.23. The van der Waals surface area contributed by atoms with E-state index in [0.717, 1.165) is 17.0 Å². The average molecular weight is 295 g/mol. The van der Waals surface area contributed by atoms with Crippen LogP contribution in [-0.2, 0) is 17.9 Å². The summed E-state index contributed by atoms with van der Waals surface area (Å²) in [5.41, 5.74) is 3.03. The second-order valence-corrected chi connectivity index (χ2v) is 5.34. The molecule has 1 N–H and O–H groups in total. The van der Waals surface area contributed by atoms with Crippen molar-refractivity contribution < 1.29 is 9.84 Å². The molecule has 2 rings (SSSR count). The lowest BCUT2D eigenvalue weighted by atomic mass is 10.2. The van der Waals surface area contributed by atoms with E-state index in [9.17, 15) is 5.11 Å². The van der Waals surface area contributed by atoms with E-state index in [1.54, 1.807) is 4.68 Å². The van der Waals surface area contributed by atoms with Crippen molar-refractivity contribution in [3.8, 4) is 0 Å². The van der Waals surface area contributed by atoms with Crippen LogP contribution in [0.4, 0.5) is 0 Å². The Morgan fingerprint density at radius 3 is 2.60 bits per heavy atom. The van der Waals surface area contributed by atoms with Crippen LogP contribution < -0.4 is 0 Å². The van der Waals surface area contributed by atoms with Gasteiger partial charge < -0.3 is 9.84 Å². The Bertz CT molecular complexity index is 552. The van der Waals surface area contributed by atoms with Crippen LogP contribution in [0.25, 0.3) is 0 Å². The minimum absolute atomic E-state index is 0.279. The average Bonchev–Trinajstić information content (AvgIpc) is 2.70. The number of ether oxygens (including phenoxy) is 1. The van der Waals surface area contributed by atoms with E-state index in [1.165, 1.54) is 0 Å². The molecule has 0 saturated carbocycles. The summed E-state index contributed by atoms with van der Waals surface area (Å²) in [6, 6.07) is 9.46. The second kappa shape index (κ2) is 6.88. The molecule has 4 nitrogen and oxygen atoms in total. The van der Waals surface area contributed by atoms with Gasteiger partial charge in [-0.1, -0.05) is 23.7 Å². The van der Waals surface area contributed by atoms with E-state index in [1.807, 2.05) is 44.2 Å². The normalized spacial score (nSPS) is 12.6. The van der Waals surface area contributed by atoms with Crippen LogP contribution in [0.3, 0.4) is 0 Å². The molecule has 0 aliphatic heterocycles. The third-order valence-corrected chi connectivity index (χ3v) is 3.23. The molecule has 108 valence electrons. The zero-order valence-electron chi connectivity index (χ0n) is 11.7. The van der Waals surface area contributed by atoms with Crippen molar-refractivity contribution in [2.75, 3.05) is 6.61 Å². The number of hydrogen-bond donors (Lipinski definition) is 1. The number of rotatable bonds is 6. The zero-order valence-corrected chi connectivity index (χ0v) is 12.5.